The number of rotatable bonds is 7. The van der Waals surface area contributed by atoms with Crippen LogP contribution in [0.25, 0.3) is 0 Å². The molecule has 96 valence electrons. The van der Waals surface area contributed by atoms with Crippen LogP contribution in [0.15, 0.2) is 22.7 Å². The van der Waals surface area contributed by atoms with Crippen molar-refractivity contribution in [2.45, 2.75) is 0 Å². The molecule has 0 N–H and O–H groups in total. The molecule has 0 saturated heterocycles. The van der Waals surface area contributed by atoms with E-state index in [4.69, 9.17) is 21.1 Å². The molecule has 5 heteroatoms. The molecule has 0 fully saturated rings. The lowest BCUT2D eigenvalue weighted by molar-refractivity contribution is 0.0888. The van der Waals surface area contributed by atoms with Crippen molar-refractivity contribution in [2.75, 3.05) is 40.5 Å². The third kappa shape index (κ3) is 6.27. The van der Waals surface area contributed by atoms with Gasteiger partial charge < -0.3 is 14.4 Å². The first-order chi connectivity index (χ1) is 8.09. The Bertz CT molecular complexity index is 347. The van der Waals surface area contributed by atoms with Gasteiger partial charge in [0.05, 0.1) is 17.7 Å². The normalized spacial score (nSPS) is 10.9. The number of halogens is 2. The molecule has 1 rings (SSSR count). The fourth-order valence-corrected chi connectivity index (χ4v) is 1.95. The summed E-state index contributed by atoms with van der Waals surface area (Å²) in [6.07, 6.45) is 0. The van der Waals surface area contributed by atoms with Gasteiger partial charge in [0, 0.05) is 11.6 Å². The highest BCUT2D eigenvalue weighted by atomic mass is 79.9. The summed E-state index contributed by atoms with van der Waals surface area (Å²) < 4.78 is 11.8. The Morgan fingerprint density at radius 3 is 2.65 bits per heavy atom. The lowest BCUT2D eigenvalue weighted by Gasteiger charge is -2.11. The summed E-state index contributed by atoms with van der Waals surface area (Å²) in [6.45, 7) is 2.76. The molecular weight excluding hydrogens is 305 g/mol. The van der Waals surface area contributed by atoms with E-state index in [-0.39, 0.29) is 0 Å². The molecular formula is C12H17BrClNO2. The molecule has 1 aromatic carbocycles. The molecule has 0 heterocycles. The third-order valence-electron chi connectivity index (χ3n) is 2.06. The zero-order valence-electron chi connectivity index (χ0n) is 10.1. The van der Waals surface area contributed by atoms with Crippen molar-refractivity contribution in [3.05, 3.63) is 27.7 Å². The van der Waals surface area contributed by atoms with E-state index in [2.05, 4.69) is 20.8 Å². The van der Waals surface area contributed by atoms with Gasteiger partial charge in [0.25, 0.3) is 0 Å². The van der Waals surface area contributed by atoms with Crippen LogP contribution in [-0.4, -0.2) is 45.4 Å². The Hall–Kier alpha value is -0.290. The molecule has 17 heavy (non-hydrogen) atoms. The van der Waals surface area contributed by atoms with Crippen LogP contribution in [0.3, 0.4) is 0 Å². The Morgan fingerprint density at radius 2 is 2.00 bits per heavy atom. The van der Waals surface area contributed by atoms with Crippen molar-refractivity contribution in [2.24, 2.45) is 0 Å². The van der Waals surface area contributed by atoms with E-state index in [0.717, 1.165) is 23.4 Å². The molecule has 0 aliphatic rings. The van der Waals surface area contributed by atoms with Gasteiger partial charge >= 0.3 is 0 Å². The maximum absolute atomic E-state index is 5.83. The third-order valence-corrected chi connectivity index (χ3v) is 2.92. The molecule has 0 radical (unpaired) electrons. The van der Waals surface area contributed by atoms with Crippen LogP contribution in [-0.2, 0) is 4.74 Å². The van der Waals surface area contributed by atoms with Crippen LogP contribution < -0.4 is 4.74 Å². The Labute approximate surface area is 116 Å². The minimum Gasteiger partial charge on any atom is -0.490 e. The highest BCUT2D eigenvalue weighted by Crippen LogP contribution is 2.27. The van der Waals surface area contributed by atoms with Gasteiger partial charge in [-0.3, -0.25) is 0 Å². The zero-order valence-corrected chi connectivity index (χ0v) is 12.4. The number of likely N-dealkylation sites (N-methyl/N-ethyl adjacent to an activating group) is 1. The molecule has 0 amide bonds. The molecule has 0 unspecified atom stereocenters. The van der Waals surface area contributed by atoms with Crippen LogP contribution >= 0.6 is 27.5 Å². The van der Waals surface area contributed by atoms with Crippen LogP contribution in [0.1, 0.15) is 0 Å². The molecule has 0 aliphatic carbocycles. The second-order valence-corrected chi connectivity index (χ2v) is 5.13. The summed E-state index contributed by atoms with van der Waals surface area (Å²) in [4.78, 5) is 2.08. The first-order valence-corrected chi connectivity index (χ1v) is 6.57. The van der Waals surface area contributed by atoms with E-state index in [0.29, 0.717) is 18.2 Å². The van der Waals surface area contributed by atoms with Gasteiger partial charge in [-0.2, -0.15) is 0 Å². The average molecular weight is 323 g/mol. The maximum atomic E-state index is 5.83. The largest absolute Gasteiger partial charge is 0.490 e. The first-order valence-electron chi connectivity index (χ1n) is 5.40. The lowest BCUT2D eigenvalue weighted by Crippen LogP contribution is -2.19. The predicted molar refractivity (Wildman–Crippen MR) is 74.0 cm³/mol. The Morgan fingerprint density at radius 1 is 1.24 bits per heavy atom. The van der Waals surface area contributed by atoms with Crippen LogP contribution in [0.2, 0.25) is 5.02 Å². The van der Waals surface area contributed by atoms with Crippen molar-refractivity contribution < 1.29 is 9.47 Å². The van der Waals surface area contributed by atoms with Crippen molar-refractivity contribution in [3.8, 4) is 5.75 Å². The summed E-state index contributed by atoms with van der Waals surface area (Å²) >= 11 is 9.23. The molecule has 0 bridgehead atoms. The molecule has 0 atom stereocenters. The van der Waals surface area contributed by atoms with Crippen molar-refractivity contribution in [3.63, 3.8) is 0 Å². The Kier molecular flexibility index (Phi) is 6.89. The monoisotopic (exact) mass is 321 g/mol. The van der Waals surface area contributed by atoms with Gasteiger partial charge in [-0.25, -0.2) is 0 Å². The molecule has 0 saturated carbocycles. The number of hydrogen-bond acceptors (Lipinski definition) is 3. The first kappa shape index (κ1) is 14.8. The zero-order chi connectivity index (χ0) is 12.7. The smallest absolute Gasteiger partial charge is 0.133 e. The van der Waals surface area contributed by atoms with Gasteiger partial charge in [0.15, 0.2) is 0 Å². The molecule has 1 aromatic rings. The minimum atomic E-state index is 0.535. The standard InChI is InChI=1S/C12H17BrClNO2/c1-15(2)5-6-16-7-8-17-12-4-3-10(14)9-11(12)13/h3-4,9H,5-8H2,1-2H3. The number of nitrogens with zero attached hydrogens (tertiary/aromatic N) is 1. The van der Waals surface area contributed by atoms with E-state index < -0.39 is 0 Å². The molecule has 0 aliphatic heterocycles. The summed E-state index contributed by atoms with van der Waals surface area (Å²) in [5.74, 6) is 0.783. The van der Waals surface area contributed by atoms with Crippen LogP contribution in [0.4, 0.5) is 0 Å². The topological polar surface area (TPSA) is 21.7 Å². The second-order valence-electron chi connectivity index (χ2n) is 3.84. The van der Waals surface area contributed by atoms with Gasteiger partial charge in [-0.15, -0.1) is 0 Å². The Balaban J connectivity index is 2.18. The van der Waals surface area contributed by atoms with Gasteiger partial charge in [-0.05, 0) is 48.2 Å². The number of benzene rings is 1. The van der Waals surface area contributed by atoms with E-state index in [1.807, 2.05) is 26.2 Å². The maximum Gasteiger partial charge on any atom is 0.133 e. The fourth-order valence-electron chi connectivity index (χ4n) is 1.15. The number of ether oxygens (including phenoxy) is 2. The molecule has 3 nitrogen and oxygen atoms in total. The molecule has 0 aromatic heterocycles. The summed E-state index contributed by atoms with van der Waals surface area (Å²) in [6, 6.07) is 5.45. The van der Waals surface area contributed by atoms with E-state index >= 15 is 0 Å². The van der Waals surface area contributed by atoms with Crippen LogP contribution in [0.5, 0.6) is 5.75 Å². The van der Waals surface area contributed by atoms with E-state index in [1.54, 1.807) is 6.07 Å². The highest BCUT2D eigenvalue weighted by Gasteiger charge is 2.01. The van der Waals surface area contributed by atoms with Gasteiger partial charge in [0.2, 0.25) is 0 Å². The quantitative estimate of drug-likeness (QED) is 0.720. The van der Waals surface area contributed by atoms with Gasteiger partial charge in [-0.1, -0.05) is 11.6 Å². The van der Waals surface area contributed by atoms with Crippen LogP contribution in [0, 0.1) is 0 Å². The summed E-state index contributed by atoms with van der Waals surface area (Å²) in [5, 5.41) is 0.687. The second kappa shape index (κ2) is 7.93. The SMILES string of the molecule is CN(C)CCOCCOc1ccc(Cl)cc1Br. The number of hydrogen-bond donors (Lipinski definition) is 0. The van der Waals surface area contributed by atoms with E-state index in [9.17, 15) is 0 Å². The molecule has 0 spiro atoms. The summed E-state index contributed by atoms with van der Waals surface area (Å²) in [7, 11) is 4.04. The van der Waals surface area contributed by atoms with Crippen molar-refractivity contribution in [1.29, 1.82) is 0 Å². The van der Waals surface area contributed by atoms with E-state index in [1.165, 1.54) is 0 Å². The minimum absolute atomic E-state index is 0.535. The van der Waals surface area contributed by atoms with Gasteiger partial charge in [0.1, 0.15) is 12.4 Å². The van der Waals surface area contributed by atoms with Crippen molar-refractivity contribution >= 4 is 27.5 Å². The van der Waals surface area contributed by atoms with Crippen molar-refractivity contribution in [1.82, 2.24) is 4.90 Å². The summed E-state index contributed by atoms with van der Waals surface area (Å²) in [5.41, 5.74) is 0. The lowest BCUT2D eigenvalue weighted by atomic mass is 10.3. The highest BCUT2D eigenvalue weighted by molar-refractivity contribution is 9.10. The average Bonchev–Trinajstić information content (AvgIpc) is 2.25. The fraction of sp³-hybridized carbons (Fsp3) is 0.500. The predicted octanol–water partition coefficient (Wildman–Crippen LogP) is 3.06.